The molecule has 23 heavy (non-hydrogen) atoms. The lowest BCUT2D eigenvalue weighted by atomic mass is 10.1. The molecule has 126 valence electrons. The van der Waals surface area contributed by atoms with Gasteiger partial charge in [-0.25, -0.2) is 0 Å². The minimum Gasteiger partial charge on any atom is -0.0654 e. The van der Waals surface area contributed by atoms with Crippen LogP contribution in [0.4, 0.5) is 0 Å². The Kier molecular flexibility index (Phi) is 13.0. The second-order valence-corrected chi connectivity index (χ2v) is 8.84. The second kappa shape index (κ2) is 14.7. The molecule has 0 saturated carbocycles. The minimum atomic E-state index is 0.0287. The van der Waals surface area contributed by atoms with Gasteiger partial charge >= 0.3 is 21.2 Å². The third-order valence-corrected chi connectivity index (χ3v) is 6.33. The van der Waals surface area contributed by atoms with E-state index in [0.29, 0.717) is 0 Å². The zero-order chi connectivity index (χ0) is 16.6. The average Bonchev–Trinajstić information content (AvgIpc) is 2.60. The number of hydrogen-bond donors (Lipinski definition) is 0. The van der Waals surface area contributed by atoms with Crippen LogP contribution in [0.1, 0.15) is 65.2 Å². The normalized spacial score (nSPS) is 10.0. The molecular formula is C22H32I+. The Morgan fingerprint density at radius 1 is 0.522 bits per heavy atom. The largest absolute Gasteiger partial charge is 0.357 e. The molecule has 2 aromatic carbocycles. The molecule has 0 N–H and O–H groups in total. The first-order chi connectivity index (χ1) is 11.4. The van der Waals surface area contributed by atoms with Crippen molar-refractivity contribution in [3.63, 3.8) is 0 Å². The Bertz CT molecular complexity index is 418. The van der Waals surface area contributed by atoms with Gasteiger partial charge in [0.05, 0.1) is 0 Å². The van der Waals surface area contributed by atoms with Crippen LogP contribution >= 0.6 is 0 Å². The Morgan fingerprint density at radius 2 is 0.870 bits per heavy atom. The summed E-state index contributed by atoms with van der Waals surface area (Å²) >= 11 is 0.0287. The van der Waals surface area contributed by atoms with Gasteiger partial charge < -0.3 is 0 Å². The van der Waals surface area contributed by atoms with Crippen LogP contribution in [0.3, 0.4) is 0 Å². The van der Waals surface area contributed by atoms with Gasteiger partial charge in [0, 0.05) is 0 Å². The van der Waals surface area contributed by atoms with Gasteiger partial charge in [-0.05, 0) is 24.3 Å². The van der Waals surface area contributed by atoms with Crippen molar-refractivity contribution >= 4 is 0 Å². The monoisotopic (exact) mass is 423 g/mol. The van der Waals surface area contributed by atoms with E-state index >= 15 is 0 Å². The quantitative estimate of drug-likeness (QED) is 0.423. The van der Waals surface area contributed by atoms with Gasteiger partial charge in [-0.2, -0.15) is 0 Å². The van der Waals surface area contributed by atoms with E-state index in [1.54, 1.807) is 0 Å². The molecule has 2 rings (SSSR count). The van der Waals surface area contributed by atoms with Crippen molar-refractivity contribution in [3.05, 3.63) is 67.8 Å². The van der Waals surface area contributed by atoms with Crippen molar-refractivity contribution in [3.8, 4) is 0 Å². The second-order valence-electron chi connectivity index (χ2n) is 5.81. The third kappa shape index (κ3) is 11.4. The summed E-state index contributed by atoms with van der Waals surface area (Å²) in [5, 5.41) is 0. The minimum absolute atomic E-state index is 0.0287. The van der Waals surface area contributed by atoms with E-state index in [9.17, 15) is 0 Å². The van der Waals surface area contributed by atoms with Gasteiger partial charge in [-0.1, -0.05) is 102 Å². The van der Waals surface area contributed by atoms with E-state index in [1.165, 1.54) is 58.5 Å². The molecular weight excluding hydrogens is 391 g/mol. The van der Waals surface area contributed by atoms with Crippen LogP contribution in [0.15, 0.2) is 60.7 Å². The summed E-state index contributed by atoms with van der Waals surface area (Å²) in [6.07, 6.45) is 11.5. The molecule has 0 fully saturated rings. The highest BCUT2D eigenvalue weighted by Gasteiger charge is 2.12. The molecule has 0 atom stereocenters. The summed E-state index contributed by atoms with van der Waals surface area (Å²) in [6, 6.07) is 21.4. The van der Waals surface area contributed by atoms with Gasteiger partial charge in [-0.15, -0.1) is 0 Å². The average molecular weight is 423 g/mol. The predicted molar refractivity (Wildman–Crippen MR) is 98.6 cm³/mol. The van der Waals surface area contributed by atoms with Crippen LogP contribution in [0.25, 0.3) is 0 Å². The highest BCUT2D eigenvalue weighted by Crippen LogP contribution is 2.07. The molecule has 0 aliphatic rings. The van der Waals surface area contributed by atoms with E-state index in [-0.39, 0.29) is 21.2 Å². The number of rotatable bonds is 9. The molecule has 0 spiro atoms. The highest BCUT2D eigenvalue weighted by atomic mass is 127. The van der Waals surface area contributed by atoms with E-state index in [1.807, 2.05) is 0 Å². The van der Waals surface area contributed by atoms with Crippen molar-refractivity contribution in [2.24, 2.45) is 0 Å². The maximum atomic E-state index is 2.27. The summed E-state index contributed by atoms with van der Waals surface area (Å²) in [5.41, 5.74) is 0. The van der Waals surface area contributed by atoms with Crippen LogP contribution in [0.2, 0.25) is 0 Å². The van der Waals surface area contributed by atoms with E-state index in [4.69, 9.17) is 0 Å². The smallest absolute Gasteiger partial charge is 0.0654 e. The Balaban J connectivity index is 0.000000241. The van der Waals surface area contributed by atoms with Gasteiger partial charge in [-0.3, -0.25) is 0 Å². The van der Waals surface area contributed by atoms with E-state index in [0.717, 1.165) is 0 Å². The number of unbranched alkanes of at least 4 members (excludes halogenated alkanes) is 7. The van der Waals surface area contributed by atoms with Crippen molar-refractivity contribution in [2.45, 2.75) is 65.2 Å². The van der Waals surface area contributed by atoms with Crippen LogP contribution in [0.5, 0.6) is 0 Å². The van der Waals surface area contributed by atoms with E-state index in [2.05, 4.69) is 74.5 Å². The summed E-state index contributed by atoms with van der Waals surface area (Å²) in [4.78, 5) is 0. The molecule has 0 aliphatic heterocycles. The van der Waals surface area contributed by atoms with Crippen LogP contribution in [-0.4, -0.2) is 0 Å². The lowest BCUT2D eigenvalue weighted by Crippen LogP contribution is -3.61. The third-order valence-electron chi connectivity index (χ3n) is 3.64. The summed E-state index contributed by atoms with van der Waals surface area (Å²) < 4.78 is 2.96. The van der Waals surface area contributed by atoms with Gasteiger partial charge in [0.25, 0.3) is 0 Å². The predicted octanol–water partition coefficient (Wildman–Crippen LogP) is 3.96. The van der Waals surface area contributed by atoms with Crippen molar-refractivity contribution in [1.29, 1.82) is 0 Å². The number of hydrogen-bond acceptors (Lipinski definition) is 0. The highest BCUT2D eigenvalue weighted by molar-refractivity contribution is 5.02. The Morgan fingerprint density at radius 3 is 1.22 bits per heavy atom. The lowest BCUT2D eigenvalue weighted by molar-refractivity contribution is -0.597. The molecule has 0 aromatic heterocycles. The molecule has 0 saturated heterocycles. The van der Waals surface area contributed by atoms with Crippen molar-refractivity contribution in [2.75, 3.05) is 0 Å². The molecule has 0 amide bonds. The first kappa shape index (κ1) is 20.2. The number of halogens is 1. The first-order valence-electron chi connectivity index (χ1n) is 9.11. The zero-order valence-electron chi connectivity index (χ0n) is 14.8. The standard InChI is InChI=1S/C12H10I.C10H22/c1-3-7-11(8-4-1)13-12-9-5-2-6-10-12;1-3-5-7-9-10-8-6-4-2/h1-10H;3-10H2,1-2H3/q+1;. The van der Waals surface area contributed by atoms with Crippen LogP contribution in [-0.2, 0) is 0 Å². The molecule has 2 aromatic rings. The fourth-order valence-corrected chi connectivity index (χ4v) is 4.56. The summed E-state index contributed by atoms with van der Waals surface area (Å²) in [7, 11) is 0. The first-order valence-corrected chi connectivity index (χ1v) is 11.3. The molecule has 0 heterocycles. The fraction of sp³-hybridized carbons (Fsp3) is 0.455. The van der Waals surface area contributed by atoms with Gasteiger partial charge in [0.15, 0.2) is 7.14 Å². The molecule has 0 unspecified atom stereocenters. The fourth-order valence-electron chi connectivity index (χ4n) is 2.29. The SMILES string of the molecule is CCCCCCCCCC.c1ccc([I+]c2ccccc2)cc1. The summed E-state index contributed by atoms with van der Waals surface area (Å²) in [6.45, 7) is 4.54. The number of benzene rings is 2. The van der Waals surface area contributed by atoms with Crippen LogP contribution in [0, 0.1) is 7.14 Å². The molecule has 0 aliphatic carbocycles. The van der Waals surface area contributed by atoms with Crippen molar-refractivity contribution < 1.29 is 21.2 Å². The Labute approximate surface area is 154 Å². The zero-order valence-corrected chi connectivity index (χ0v) is 17.0. The topological polar surface area (TPSA) is 0 Å². The Hall–Kier alpha value is -0.830. The lowest BCUT2D eigenvalue weighted by Gasteiger charge is -1.97. The molecule has 0 radical (unpaired) electrons. The maximum absolute atomic E-state index is 2.27. The van der Waals surface area contributed by atoms with E-state index < -0.39 is 0 Å². The van der Waals surface area contributed by atoms with Crippen molar-refractivity contribution in [1.82, 2.24) is 0 Å². The van der Waals surface area contributed by atoms with Crippen LogP contribution < -0.4 is 21.2 Å². The molecule has 0 bridgehead atoms. The molecule has 0 nitrogen and oxygen atoms in total. The van der Waals surface area contributed by atoms with Gasteiger partial charge in [0.2, 0.25) is 0 Å². The maximum Gasteiger partial charge on any atom is 0.357 e. The summed E-state index contributed by atoms with van der Waals surface area (Å²) in [5.74, 6) is 0. The van der Waals surface area contributed by atoms with Gasteiger partial charge in [0.1, 0.15) is 0 Å². The molecule has 1 heteroatoms.